The molecular weight excluding hydrogens is 434 g/mol. The zero-order valence-electron chi connectivity index (χ0n) is 17.9. The van der Waals surface area contributed by atoms with Gasteiger partial charge in [-0.2, -0.15) is 0 Å². The number of rotatable bonds is 5. The van der Waals surface area contributed by atoms with Crippen molar-refractivity contribution < 1.29 is 5.11 Å². The quantitative estimate of drug-likeness (QED) is 0.705. The lowest BCUT2D eigenvalue weighted by atomic mass is 10.1. The molecule has 2 aromatic rings. The summed E-state index contributed by atoms with van der Waals surface area (Å²) in [6.45, 7) is 12.0. The van der Waals surface area contributed by atoms with Crippen molar-refractivity contribution in [2.24, 2.45) is 7.05 Å². The summed E-state index contributed by atoms with van der Waals surface area (Å²) >= 11 is 3.40. The Kier molecular flexibility index (Phi) is 8.24. The molecule has 0 bridgehead atoms. The number of piperazine rings is 1. The number of aryl methyl sites for hydroxylation is 1. The fourth-order valence-electron chi connectivity index (χ4n) is 3.26. The van der Waals surface area contributed by atoms with Gasteiger partial charge in [-0.1, -0.05) is 13.8 Å². The number of hydrogen-bond donors (Lipinski definition) is 2. The van der Waals surface area contributed by atoms with Gasteiger partial charge in [0, 0.05) is 50.4 Å². The van der Waals surface area contributed by atoms with Crippen LogP contribution in [0.4, 0.5) is 17.2 Å². The fourth-order valence-corrected chi connectivity index (χ4v) is 3.79. The van der Waals surface area contributed by atoms with E-state index in [1.165, 1.54) is 4.57 Å². The van der Waals surface area contributed by atoms with E-state index in [1.807, 2.05) is 46.0 Å². The maximum absolute atomic E-state index is 12.2. The van der Waals surface area contributed by atoms with E-state index < -0.39 is 5.60 Å². The number of aromatic nitrogens is 2. The molecule has 3 heterocycles. The third-order valence-electron chi connectivity index (χ3n) is 4.51. The Bertz CT molecular complexity index is 838. The van der Waals surface area contributed by atoms with Crippen molar-refractivity contribution in [1.29, 1.82) is 0 Å². The summed E-state index contributed by atoms with van der Waals surface area (Å²) in [5, 5.41) is 13.0. The van der Waals surface area contributed by atoms with E-state index in [0.29, 0.717) is 18.1 Å². The van der Waals surface area contributed by atoms with E-state index in [4.69, 9.17) is 0 Å². The molecule has 3 rings (SSSR count). The van der Waals surface area contributed by atoms with Crippen molar-refractivity contribution in [3.05, 3.63) is 45.4 Å². The number of aliphatic hydroxyl groups is 1. The lowest BCUT2D eigenvalue weighted by Crippen LogP contribution is -2.50. The van der Waals surface area contributed by atoms with E-state index >= 15 is 0 Å². The van der Waals surface area contributed by atoms with Gasteiger partial charge < -0.3 is 19.9 Å². The average Bonchev–Trinajstić information content (AvgIpc) is 2.67. The van der Waals surface area contributed by atoms with Crippen LogP contribution in [0.1, 0.15) is 27.7 Å². The van der Waals surface area contributed by atoms with E-state index in [2.05, 4.69) is 36.0 Å². The molecule has 160 valence electrons. The number of anilines is 3. The first-order valence-electron chi connectivity index (χ1n) is 10.0. The Labute approximate surface area is 181 Å². The summed E-state index contributed by atoms with van der Waals surface area (Å²) in [7, 11) is 1.71. The second-order valence-corrected chi connectivity index (χ2v) is 8.51. The van der Waals surface area contributed by atoms with Crippen molar-refractivity contribution in [2.45, 2.75) is 33.3 Å². The topological polar surface area (TPSA) is 73.6 Å². The van der Waals surface area contributed by atoms with E-state index in [1.54, 1.807) is 19.3 Å². The molecule has 0 aliphatic carbocycles. The number of halogens is 1. The summed E-state index contributed by atoms with van der Waals surface area (Å²) in [6, 6.07) is 5.65. The van der Waals surface area contributed by atoms with Crippen LogP contribution in [0.25, 0.3) is 0 Å². The Morgan fingerprint density at radius 1 is 1.21 bits per heavy atom. The normalized spacial score (nSPS) is 14.9. The largest absolute Gasteiger partial charge is 0.389 e. The smallest absolute Gasteiger partial charge is 0.274 e. The molecule has 8 heteroatoms. The lowest BCUT2D eigenvalue weighted by Gasteiger charge is -2.38. The van der Waals surface area contributed by atoms with Crippen LogP contribution in [-0.2, 0) is 7.05 Å². The summed E-state index contributed by atoms with van der Waals surface area (Å²) in [6.07, 6.45) is 3.55. The van der Waals surface area contributed by atoms with Crippen LogP contribution in [0.5, 0.6) is 0 Å². The van der Waals surface area contributed by atoms with Gasteiger partial charge in [0.15, 0.2) is 0 Å². The zero-order chi connectivity index (χ0) is 21.6. The van der Waals surface area contributed by atoms with Crippen molar-refractivity contribution >= 4 is 33.1 Å². The van der Waals surface area contributed by atoms with Crippen molar-refractivity contribution in [3.63, 3.8) is 0 Å². The van der Waals surface area contributed by atoms with Gasteiger partial charge in [0.05, 0.1) is 17.5 Å². The van der Waals surface area contributed by atoms with Crippen LogP contribution < -0.4 is 15.8 Å². The lowest BCUT2D eigenvalue weighted by molar-refractivity contribution is 0.0345. The third kappa shape index (κ3) is 6.83. The van der Waals surface area contributed by atoms with Gasteiger partial charge in [0.25, 0.3) is 5.56 Å². The SMILES string of the molecule is CC.Cn1cc(Br)cc(Nc2ccc(N3CCN(CC(C)(C)O)CC3)cn2)c1=O. The summed E-state index contributed by atoms with van der Waals surface area (Å²) in [4.78, 5) is 21.2. The molecule has 1 fully saturated rings. The molecule has 0 spiro atoms. The van der Waals surface area contributed by atoms with Gasteiger partial charge in [0.1, 0.15) is 11.5 Å². The van der Waals surface area contributed by atoms with Crippen molar-refractivity contribution in [1.82, 2.24) is 14.5 Å². The summed E-state index contributed by atoms with van der Waals surface area (Å²) < 4.78 is 2.35. The zero-order valence-corrected chi connectivity index (χ0v) is 19.5. The molecule has 2 N–H and O–H groups in total. The van der Waals surface area contributed by atoms with Gasteiger partial charge in [0.2, 0.25) is 0 Å². The maximum Gasteiger partial charge on any atom is 0.274 e. The standard InChI is InChI=1S/C19H26BrN5O2.C2H6/c1-19(2,27)13-24-6-8-25(9-7-24)15-4-5-17(21-11-15)22-16-10-14(20)12-23(3)18(16)26;1-2/h4-5,10-12,27H,6-9,13H2,1-3H3,(H,21,22);1-2H3. The van der Waals surface area contributed by atoms with Crippen molar-refractivity contribution in [3.8, 4) is 0 Å². The highest BCUT2D eigenvalue weighted by molar-refractivity contribution is 9.10. The maximum atomic E-state index is 12.2. The number of β-amino-alcohol motifs (C(OH)–C–C–N with tert-alkyl or cyclic N) is 1. The molecule has 1 aliphatic heterocycles. The number of nitrogens with one attached hydrogen (secondary N) is 1. The van der Waals surface area contributed by atoms with Gasteiger partial charge in [-0.3, -0.25) is 9.69 Å². The van der Waals surface area contributed by atoms with Crippen LogP contribution in [-0.4, -0.2) is 57.9 Å². The van der Waals surface area contributed by atoms with Crippen molar-refractivity contribution in [2.75, 3.05) is 42.9 Å². The predicted molar refractivity (Wildman–Crippen MR) is 123 cm³/mol. The van der Waals surface area contributed by atoms with Crippen LogP contribution >= 0.6 is 15.9 Å². The summed E-state index contributed by atoms with van der Waals surface area (Å²) in [5.41, 5.74) is 0.769. The molecule has 0 amide bonds. The second-order valence-electron chi connectivity index (χ2n) is 7.59. The Morgan fingerprint density at radius 3 is 2.41 bits per heavy atom. The molecular formula is C21H32BrN5O2. The fraction of sp³-hybridized carbons (Fsp3) is 0.524. The van der Waals surface area contributed by atoms with E-state index in [-0.39, 0.29) is 5.56 Å². The number of pyridine rings is 2. The highest BCUT2D eigenvalue weighted by Crippen LogP contribution is 2.20. The molecule has 2 aromatic heterocycles. The second kappa shape index (κ2) is 10.2. The van der Waals surface area contributed by atoms with E-state index in [0.717, 1.165) is 36.3 Å². The Morgan fingerprint density at radius 2 is 1.86 bits per heavy atom. The minimum absolute atomic E-state index is 0.105. The molecule has 0 unspecified atom stereocenters. The monoisotopic (exact) mass is 465 g/mol. The van der Waals surface area contributed by atoms with Crippen LogP contribution in [0, 0.1) is 0 Å². The average molecular weight is 466 g/mol. The molecule has 1 aliphatic rings. The van der Waals surface area contributed by atoms with Gasteiger partial charge in [-0.15, -0.1) is 0 Å². The molecule has 0 aromatic carbocycles. The number of hydrogen-bond acceptors (Lipinski definition) is 6. The Hall–Kier alpha value is -1.90. The first kappa shape index (κ1) is 23.4. The van der Waals surface area contributed by atoms with E-state index in [9.17, 15) is 9.90 Å². The van der Waals surface area contributed by atoms with Crippen LogP contribution in [0.2, 0.25) is 0 Å². The minimum atomic E-state index is -0.666. The predicted octanol–water partition coefficient (Wildman–Crippen LogP) is 3.21. The molecule has 0 atom stereocenters. The van der Waals surface area contributed by atoms with Gasteiger partial charge in [-0.05, 0) is 48.0 Å². The molecule has 7 nitrogen and oxygen atoms in total. The molecule has 0 saturated carbocycles. The van der Waals surface area contributed by atoms with Gasteiger partial charge >= 0.3 is 0 Å². The first-order chi connectivity index (χ1) is 13.7. The van der Waals surface area contributed by atoms with Gasteiger partial charge in [-0.25, -0.2) is 4.98 Å². The summed E-state index contributed by atoms with van der Waals surface area (Å²) in [5.74, 6) is 0.634. The minimum Gasteiger partial charge on any atom is -0.389 e. The number of nitrogens with zero attached hydrogens (tertiary/aromatic N) is 4. The molecule has 29 heavy (non-hydrogen) atoms. The van der Waals surface area contributed by atoms with Crippen LogP contribution in [0.3, 0.4) is 0 Å². The third-order valence-corrected chi connectivity index (χ3v) is 4.94. The molecule has 1 saturated heterocycles. The molecule has 0 radical (unpaired) electrons. The highest BCUT2D eigenvalue weighted by Gasteiger charge is 2.23. The van der Waals surface area contributed by atoms with Crippen LogP contribution in [0.15, 0.2) is 39.9 Å². The first-order valence-corrected chi connectivity index (χ1v) is 10.8. The Balaban J connectivity index is 0.00000145. The highest BCUT2D eigenvalue weighted by atomic mass is 79.9.